The van der Waals surface area contributed by atoms with Crippen molar-refractivity contribution in [3.05, 3.63) is 108 Å². The van der Waals surface area contributed by atoms with Crippen molar-refractivity contribution in [1.29, 1.82) is 0 Å². The highest BCUT2D eigenvalue weighted by molar-refractivity contribution is 6.00. The van der Waals surface area contributed by atoms with E-state index in [1.165, 1.54) is 0 Å². The van der Waals surface area contributed by atoms with Crippen molar-refractivity contribution >= 4 is 35.1 Å². The molecule has 1 fully saturated rings. The normalized spacial score (nSPS) is 14.8. The number of aryl methyl sites for hydroxylation is 1. The average Bonchev–Trinajstić information content (AvgIpc) is 3.17. The van der Waals surface area contributed by atoms with Crippen molar-refractivity contribution < 1.29 is 19.2 Å². The highest BCUT2D eigenvalue weighted by atomic mass is 16.2. The first-order valence-corrected chi connectivity index (χ1v) is 19.2. The minimum absolute atomic E-state index is 0.0750. The number of para-hydroxylation sites is 1. The highest BCUT2D eigenvalue weighted by Crippen LogP contribution is 2.20. The van der Waals surface area contributed by atoms with Crippen molar-refractivity contribution in [3.8, 4) is 0 Å². The summed E-state index contributed by atoms with van der Waals surface area (Å²) in [4.78, 5) is 59.8. The Kier molecular flexibility index (Phi) is 15.7. The van der Waals surface area contributed by atoms with Crippen LogP contribution in [0.2, 0.25) is 0 Å². The Hall–Kier alpha value is -5.16. The molecular weight excluding hydrogens is 679 g/mol. The molecule has 1 heterocycles. The van der Waals surface area contributed by atoms with E-state index in [1.54, 1.807) is 24.1 Å². The van der Waals surface area contributed by atoms with E-state index in [-0.39, 0.29) is 42.1 Å². The summed E-state index contributed by atoms with van der Waals surface area (Å²) < 4.78 is 0. The molecular formula is C43H59N7O4. The first-order valence-electron chi connectivity index (χ1n) is 19.2. The van der Waals surface area contributed by atoms with Crippen LogP contribution in [0.15, 0.2) is 91.1 Å². The zero-order valence-corrected chi connectivity index (χ0v) is 32.9. The molecule has 54 heavy (non-hydrogen) atoms. The minimum Gasteiger partial charge on any atom is -0.376 e. The second kappa shape index (κ2) is 20.3. The SMILES string of the molecule is C=C(N[C@@H](CC)C(=O)N[C@@H](Cc1ccccc1)C(=O)N1CCN(CC)CC1)[C@H](CC(C)C)N(C)C(=O)Cc1ccc(NC(=O)Nc2ccccc2C)cc1. The number of carbonyl (C=O) groups excluding carboxylic acids is 4. The monoisotopic (exact) mass is 737 g/mol. The predicted molar refractivity (Wildman–Crippen MR) is 217 cm³/mol. The van der Waals surface area contributed by atoms with Crippen LogP contribution >= 0.6 is 0 Å². The fourth-order valence-electron chi connectivity index (χ4n) is 6.66. The molecule has 0 bridgehead atoms. The number of carbonyl (C=O) groups is 4. The van der Waals surface area contributed by atoms with E-state index >= 15 is 0 Å². The summed E-state index contributed by atoms with van der Waals surface area (Å²) in [5.74, 6) is -0.210. The number of likely N-dealkylation sites (N-methyl/N-ethyl adjacent to an activating group) is 2. The molecule has 0 spiro atoms. The van der Waals surface area contributed by atoms with Crippen LogP contribution in [-0.2, 0) is 27.2 Å². The highest BCUT2D eigenvalue weighted by Gasteiger charge is 2.32. The molecule has 1 saturated heterocycles. The largest absolute Gasteiger partial charge is 0.376 e. The van der Waals surface area contributed by atoms with Gasteiger partial charge < -0.3 is 36.0 Å². The number of amides is 5. The molecule has 1 aliphatic heterocycles. The van der Waals surface area contributed by atoms with E-state index in [2.05, 4.69) is 53.5 Å². The molecule has 0 saturated carbocycles. The molecule has 290 valence electrons. The summed E-state index contributed by atoms with van der Waals surface area (Å²) in [5.41, 5.74) is 4.65. The fraction of sp³-hybridized carbons (Fsp3) is 0.442. The molecule has 11 nitrogen and oxygen atoms in total. The van der Waals surface area contributed by atoms with Gasteiger partial charge in [-0.05, 0) is 67.1 Å². The van der Waals surface area contributed by atoms with Gasteiger partial charge in [0, 0.05) is 56.7 Å². The van der Waals surface area contributed by atoms with E-state index in [0.717, 1.165) is 42.0 Å². The Morgan fingerprint density at radius 1 is 0.796 bits per heavy atom. The Morgan fingerprint density at radius 3 is 2.06 bits per heavy atom. The Bertz CT molecular complexity index is 1700. The van der Waals surface area contributed by atoms with Crippen LogP contribution in [0.1, 0.15) is 57.2 Å². The summed E-state index contributed by atoms with van der Waals surface area (Å²) in [6, 6.07) is 22.4. The van der Waals surface area contributed by atoms with Crippen LogP contribution in [0, 0.1) is 12.8 Å². The summed E-state index contributed by atoms with van der Waals surface area (Å²) in [5, 5.41) is 12.1. The maximum atomic E-state index is 13.9. The van der Waals surface area contributed by atoms with Gasteiger partial charge in [-0.15, -0.1) is 0 Å². The van der Waals surface area contributed by atoms with Crippen molar-refractivity contribution in [1.82, 2.24) is 25.3 Å². The zero-order valence-electron chi connectivity index (χ0n) is 32.9. The van der Waals surface area contributed by atoms with Gasteiger partial charge in [0.25, 0.3) is 0 Å². The van der Waals surface area contributed by atoms with Crippen LogP contribution in [-0.4, -0.2) is 96.3 Å². The lowest BCUT2D eigenvalue weighted by atomic mass is 9.98. The first-order chi connectivity index (χ1) is 25.9. The van der Waals surface area contributed by atoms with Gasteiger partial charge in [-0.25, -0.2) is 4.79 Å². The van der Waals surface area contributed by atoms with E-state index in [4.69, 9.17) is 0 Å². The molecule has 3 aromatic carbocycles. The minimum atomic E-state index is -0.711. The number of piperazine rings is 1. The quantitative estimate of drug-likeness (QED) is 0.138. The van der Waals surface area contributed by atoms with Crippen LogP contribution < -0.4 is 21.3 Å². The molecule has 4 rings (SSSR count). The number of urea groups is 1. The Morgan fingerprint density at radius 2 is 1.44 bits per heavy atom. The van der Waals surface area contributed by atoms with E-state index < -0.39 is 12.1 Å². The third kappa shape index (κ3) is 12.2. The molecule has 0 aromatic heterocycles. The zero-order chi connectivity index (χ0) is 39.2. The number of anilines is 2. The standard InChI is InChI=1S/C43H59N7O4/c1-8-36(41(52)46-38(28-33-16-11-10-12-17-33)42(53)50-25-23-49(9-2)24-26-50)44-32(6)39(27-30(3)4)48(7)40(51)29-34-19-21-35(22-20-34)45-43(54)47-37-18-14-13-15-31(37)5/h10-22,30,36,38-39,44H,6,8-9,23-29H2,1-5,7H3,(H,46,52)(H2,45,47,54)/t36-,38-,39-/m0/s1. The van der Waals surface area contributed by atoms with Gasteiger partial charge in [-0.1, -0.05) is 94.9 Å². The van der Waals surface area contributed by atoms with Crippen LogP contribution in [0.3, 0.4) is 0 Å². The summed E-state index contributed by atoms with van der Waals surface area (Å²) in [6.45, 7) is 18.3. The molecule has 3 aromatic rings. The summed E-state index contributed by atoms with van der Waals surface area (Å²) >= 11 is 0. The van der Waals surface area contributed by atoms with Crippen LogP contribution in [0.25, 0.3) is 0 Å². The van der Waals surface area contributed by atoms with Crippen molar-refractivity contribution in [2.75, 3.05) is 50.4 Å². The lowest BCUT2D eigenvalue weighted by Gasteiger charge is -2.36. The van der Waals surface area contributed by atoms with Gasteiger partial charge in [0.05, 0.1) is 12.5 Å². The van der Waals surface area contributed by atoms with Gasteiger partial charge in [0.15, 0.2) is 0 Å². The summed E-state index contributed by atoms with van der Waals surface area (Å²) in [7, 11) is 1.77. The van der Waals surface area contributed by atoms with Gasteiger partial charge in [0.2, 0.25) is 17.7 Å². The Labute approximate surface area is 321 Å². The molecule has 5 amide bonds. The van der Waals surface area contributed by atoms with Gasteiger partial charge in [-0.3, -0.25) is 14.4 Å². The molecule has 0 radical (unpaired) electrons. The van der Waals surface area contributed by atoms with Crippen molar-refractivity contribution in [3.63, 3.8) is 0 Å². The second-order valence-electron chi connectivity index (χ2n) is 14.6. The average molecular weight is 738 g/mol. The van der Waals surface area contributed by atoms with E-state index in [0.29, 0.717) is 43.7 Å². The van der Waals surface area contributed by atoms with Crippen LogP contribution in [0.5, 0.6) is 0 Å². The van der Waals surface area contributed by atoms with E-state index in [1.807, 2.05) is 85.5 Å². The summed E-state index contributed by atoms with van der Waals surface area (Å²) in [6.07, 6.45) is 1.65. The van der Waals surface area contributed by atoms with Gasteiger partial charge in [0.1, 0.15) is 12.1 Å². The number of hydrogen-bond donors (Lipinski definition) is 4. The molecule has 0 aliphatic carbocycles. The van der Waals surface area contributed by atoms with Gasteiger partial charge in [-0.2, -0.15) is 0 Å². The maximum absolute atomic E-state index is 13.9. The fourth-order valence-corrected chi connectivity index (χ4v) is 6.66. The van der Waals surface area contributed by atoms with E-state index in [9.17, 15) is 19.2 Å². The first kappa shape index (κ1) is 41.6. The maximum Gasteiger partial charge on any atom is 0.323 e. The van der Waals surface area contributed by atoms with Gasteiger partial charge >= 0.3 is 6.03 Å². The van der Waals surface area contributed by atoms with Crippen LogP contribution in [0.4, 0.5) is 16.2 Å². The smallest absolute Gasteiger partial charge is 0.323 e. The third-order valence-corrected chi connectivity index (χ3v) is 10.0. The topological polar surface area (TPSA) is 126 Å². The third-order valence-electron chi connectivity index (χ3n) is 10.0. The second-order valence-corrected chi connectivity index (χ2v) is 14.6. The molecule has 4 N–H and O–H groups in total. The van der Waals surface area contributed by atoms with Crippen molar-refractivity contribution in [2.24, 2.45) is 5.92 Å². The molecule has 1 aliphatic rings. The number of benzene rings is 3. The van der Waals surface area contributed by atoms with Crippen molar-refractivity contribution in [2.45, 2.75) is 78.4 Å². The predicted octanol–water partition coefficient (Wildman–Crippen LogP) is 5.83. The Balaban J connectivity index is 1.38. The lowest BCUT2D eigenvalue weighted by molar-refractivity contribution is -0.138. The number of nitrogens with zero attached hydrogens (tertiary/aromatic N) is 3. The molecule has 3 atom stereocenters. The molecule has 11 heteroatoms. The number of nitrogens with one attached hydrogen (secondary N) is 4. The number of hydrogen-bond acceptors (Lipinski definition) is 6. The lowest BCUT2D eigenvalue weighted by Crippen LogP contribution is -2.58. The number of rotatable bonds is 17. The molecule has 0 unspecified atom stereocenters.